The molecule has 0 spiro atoms. The molecule has 36 heavy (non-hydrogen) atoms. The summed E-state index contributed by atoms with van der Waals surface area (Å²) in [6, 6.07) is 18.4. The number of rotatable bonds is 7. The molecule has 1 saturated heterocycles. The summed E-state index contributed by atoms with van der Waals surface area (Å²) in [5.74, 6) is 0.463. The van der Waals surface area contributed by atoms with E-state index in [4.69, 9.17) is 4.74 Å². The Bertz CT molecular complexity index is 1240. The van der Waals surface area contributed by atoms with Gasteiger partial charge >= 0.3 is 6.03 Å². The van der Waals surface area contributed by atoms with Gasteiger partial charge < -0.3 is 19.9 Å². The SMILES string of the molecule is CN(Cc1cc(F)ccc1Oc1ccc(Br)cc1)C(=O)[C@@H]1CCCN1C(=O)NCc1cccc(Br)c1. The van der Waals surface area contributed by atoms with E-state index in [1.165, 1.54) is 17.0 Å². The van der Waals surface area contributed by atoms with Crippen LogP contribution >= 0.6 is 31.9 Å². The lowest BCUT2D eigenvalue weighted by atomic mass is 10.1. The maximum atomic E-state index is 14.1. The second-order valence-corrected chi connectivity index (χ2v) is 10.5. The maximum Gasteiger partial charge on any atom is 0.318 e. The molecule has 1 heterocycles. The van der Waals surface area contributed by atoms with Gasteiger partial charge in [-0.2, -0.15) is 0 Å². The van der Waals surface area contributed by atoms with E-state index in [2.05, 4.69) is 37.2 Å². The third-order valence-electron chi connectivity index (χ3n) is 5.98. The summed E-state index contributed by atoms with van der Waals surface area (Å²) in [4.78, 5) is 29.3. The highest BCUT2D eigenvalue weighted by Crippen LogP contribution is 2.29. The van der Waals surface area contributed by atoms with E-state index in [0.29, 0.717) is 36.6 Å². The van der Waals surface area contributed by atoms with Gasteiger partial charge in [0.2, 0.25) is 5.91 Å². The Hall–Kier alpha value is -2.91. The monoisotopic (exact) mass is 617 g/mol. The fraction of sp³-hybridized carbons (Fsp3) is 0.259. The van der Waals surface area contributed by atoms with Gasteiger partial charge in [-0.15, -0.1) is 0 Å². The zero-order valence-electron chi connectivity index (χ0n) is 19.7. The Morgan fingerprint density at radius 1 is 1.08 bits per heavy atom. The highest BCUT2D eigenvalue weighted by molar-refractivity contribution is 9.10. The standard InChI is InChI=1S/C27H26Br2FN3O3/c1-32(17-19-15-22(30)9-12-25(19)36-23-10-7-20(28)8-11-23)26(34)24-6-3-13-33(24)27(35)31-16-18-4-2-5-21(29)14-18/h2,4-5,7-12,14-15,24H,3,6,13,16-17H2,1H3,(H,31,35)/t24-/m0/s1. The van der Waals surface area contributed by atoms with Crippen LogP contribution in [0.15, 0.2) is 75.7 Å². The van der Waals surface area contributed by atoms with Crippen LogP contribution in [0.5, 0.6) is 11.5 Å². The first kappa shape index (κ1) is 26.2. The van der Waals surface area contributed by atoms with E-state index >= 15 is 0 Å². The van der Waals surface area contributed by atoms with Crippen LogP contribution in [0.4, 0.5) is 9.18 Å². The van der Waals surface area contributed by atoms with Gasteiger partial charge in [0, 0.05) is 41.2 Å². The second kappa shape index (κ2) is 11.9. The van der Waals surface area contributed by atoms with Crippen molar-refractivity contribution in [2.75, 3.05) is 13.6 Å². The summed E-state index contributed by atoms with van der Waals surface area (Å²) in [7, 11) is 1.66. The molecule has 6 nitrogen and oxygen atoms in total. The molecule has 1 atom stereocenters. The number of ether oxygens (including phenoxy) is 1. The molecule has 1 aliphatic rings. The summed E-state index contributed by atoms with van der Waals surface area (Å²) < 4.78 is 21.9. The molecule has 0 unspecified atom stereocenters. The number of amides is 3. The van der Waals surface area contributed by atoms with E-state index in [9.17, 15) is 14.0 Å². The average molecular weight is 619 g/mol. The number of hydrogen-bond acceptors (Lipinski definition) is 3. The van der Waals surface area contributed by atoms with Gasteiger partial charge in [-0.1, -0.05) is 44.0 Å². The van der Waals surface area contributed by atoms with Crippen molar-refractivity contribution in [3.05, 3.63) is 92.6 Å². The molecule has 3 aromatic rings. The lowest BCUT2D eigenvalue weighted by Gasteiger charge is -2.28. The molecule has 0 bridgehead atoms. The van der Waals surface area contributed by atoms with Crippen LogP contribution < -0.4 is 10.1 Å². The Labute approximate surface area is 226 Å². The van der Waals surface area contributed by atoms with Gasteiger partial charge in [0.05, 0.1) is 0 Å². The molecule has 0 saturated carbocycles. The first-order valence-electron chi connectivity index (χ1n) is 11.6. The van der Waals surface area contributed by atoms with Crippen molar-refractivity contribution in [3.8, 4) is 11.5 Å². The van der Waals surface area contributed by atoms with Crippen molar-refractivity contribution < 1.29 is 18.7 Å². The molecular weight excluding hydrogens is 593 g/mol. The first-order chi connectivity index (χ1) is 17.3. The predicted octanol–water partition coefficient (Wildman–Crippen LogP) is 6.48. The lowest BCUT2D eigenvalue weighted by molar-refractivity contribution is -0.134. The largest absolute Gasteiger partial charge is 0.457 e. The number of carbonyl (C=O) groups is 2. The molecule has 3 amide bonds. The van der Waals surface area contributed by atoms with Crippen LogP contribution in [-0.2, 0) is 17.9 Å². The van der Waals surface area contributed by atoms with Gasteiger partial charge in [-0.25, -0.2) is 9.18 Å². The Balaban J connectivity index is 1.42. The van der Waals surface area contributed by atoms with Crippen molar-refractivity contribution >= 4 is 43.8 Å². The van der Waals surface area contributed by atoms with Crippen molar-refractivity contribution in [3.63, 3.8) is 0 Å². The van der Waals surface area contributed by atoms with E-state index in [-0.39, 0.29) is 18.5 Å². The quantitative estimate of drug-likeness (QED) is 0.330. The molecule has 1 N–H and O–H groups in total. The number of halogens is 3. The van der Waals surface area contributed by atoms with E-state index < -0.39 is 11.9 Å². The van der Waals surface area contributed by atoms with Gasteiger partial charge in [-0.05, 0) is 73.0 Å². The number of nitrogens with one attached hydrogen (secondary N) is 1. The van der Waals surface area contributed by atoms with Crippen molar-refractivity contribution in [1.82, 2.24) is 15.1 Å². The summed E-state index contributed by atoms with van der Waals surface area (Å²) in [6.07, 6.45) is 1.32. The van der Waals surface area contributed by atoms with Crippen molar-refractivity contribution in [1.29, 1.82) is 0 Å². The van der Waals surface area contributed by atoms with Crippen molar-refractivity contribution in [2.45, 2.75) is 32.0 Å². The van der Waals surface area contributed by atoms with Gasteiger partial charge in [-0.3, -0.25) is 4.79 Å². The third-order valence-corrected chi connectivity index (χ3v) is 7.00. The number of likely N-dealkylation sites (tertiary alicyclic amines) is 1. The Morgan fingerprint density at radius 3 is 2.61 bits per heavy atom. The van der Waals surface area contributed by atoms with Crippen LogP contribution in [0.3, 0.4) is 0 Å². The zero-order chi connectivity index (χ0) is 25.7. The highest BCUT2D eigenvalue weighted by atomic mass is 79.9. The molecule has 1 fully saturated rings. The molecule has 0 radical (unpaired) electrons. The molecule has 1 aliphatic heterocycles. The van der Waals surface area contributed by atoms with E-state index in [1.54, 1.807) is 30.1 Å². The van der Waals surface area contributed by atoms with Crippen LogP contribution in [-0.4, -0.2) is 41.4 Å². The summed E-state index contributed by atoms with van der Waals surface area (Å²) >= 11 is 6.82. The fourth-order valence-electron chi connectivity index (χ4n) is 4.18. The Kier molecular flexibility index (Phi) is 8.64. The minimum atomic E-state index is -0.568. The average Bonchev–Trinajstić information content (AvgIpc) is 3.35. The minimum Gasteiger partial charge on any atom is -0.457 e. The minimum absolute atomic E-state index is 0.145. The lowest BCUT2D eigenvalue weighted by Crippen LogP contribution is -2.49. The van der Waals surface area contributed by atoms with Crippen LogP contribution in [0.2, 0.25) is 0 Å². The number of carbonyl (C=O) groups excluding carboxylic acids is 2. The number of nitrogens with zero attached hydrogens (tertiary/aromatic N) is 2. The summed E-state index contributed by atoms with van der Waals surface area (Å²) in [5.41, 5.74) is 1.50. The molecule has 4 rings (SSSR count). The summed E-state index contributed by atoms with van der Waals surface area (Å²) in [6.45, 7) is 1.02. The summed E-state index contributed by atoms with van der Waals surface area (Å²) in [5, 5.41) is 2.91. The zero-order valence-corrected chi connectivity index (χ0v) is 22.9. The first-order valence-corrected chi connectivity index (χ1v) is 13.1. The number of likely N-dealkylation sites (N-methyl/N-ethyl adjacent to an activating group) is 1. The molecule has 0 aromatic heterocycles. The smallest absolute Gasteiger partial charge is 0.318 e. The van der Waals surface area contributed by atoms with E-state index in [1.807, 2.05) is 36.4 Å². The molecular formula is C27H26Br2FN3O3. The Morgan fingerprint density at radius 2 is 1.86 bits per heavy atom. The highest BCUT2D eigenvalue weighted by Gasteiger charge is 2.35. The van der Waals surface area contributed by atoms with Crippen molar-refractivity contribution in [2.24, 2.45) is 0 Å². The normalized spacial score (nSPS) is 15.0. The van der Waals surface area contributed by atoms with E-state index in [0.717, 1.165) is 20.9 Å². The predicted molar refractivity (Wildman–Crippen MR) is 143 cm³/mol. The van der Waals surface area contributed by atoms with Crippen LogP contribution in [0, 0.1) is 5.82 Å². The maximum absolute atomic E-state index is 14.1. The molecule has 188 valence electrons. The third kappa shape index (κ3) is 6.64. The second-order valence-electron chi connectivity index (χ2n) is 8.64. The molecule has 0 aliphatic carbocycles. The number of hydrogen-bond donors (Lipinski definition) is 1. The van der Waals surface area contributed by atoms with Gasteiger partial charge in [0.25, 0.3) is 0 Å². The van der Waals surface area contributed by atoms with Crippen LogP contribution in [0.1, 0.15) is 24.0 Å². The fourth-order valence-corrected chi connectivity index (χ4v) is 4.89. The van der Waals surface area contributed by atoms with Crippen LogP contribution in [0.25, 0.3) is 0 Å². The molecule has 3 aromatic carbocycles. The molecule has 9 heteroatoms. The number of benzene rings is 3. The number of urea groups is 1. The van der Waals surface area contributed by atoms with Gasteiger partial charge in [0.1, 0.15) is 23.4 Å². The van der Waals surface area contributed by atoms with Gasteiger partial charge in [0.15, 0.2) is 0 Å². The topological polar surface area (TPSA) is 61.9 Å².